The molecular weight excluding hydrogens is 508 g/mol. The van der Waals surface area contributed by atoms with Crippen LogP contribution in [0.5, 0.6) is 0 Å². The van der Waals surface area contributed by atoms with Gasteiger partial charge in [-0.2, -0.15) is 10.4 Å². The Morgan fingerprint density at radius 1 is 1.31 bits per heavy atom. The zero-order valence-electron chi connectivity index (χ0n) is 24.1. The van der Waals surface area contributed by atoms with E-state index in [4.69, 9.17) is 9.41 Å². The number of anilines is 3. The van der Waals surface area contributed by atoms with Crippen molar-refractivity contribution in [2.24, 2.45) is 0 Å². The number of carbonyl (C=O) groups excluding carboxylic acids is 1. The van der Waals surface area contributed by atoms with Gasteiger partial charge in [-0.25, -0.2) is 9.97 Å². The van der Waals surface area contributed by atoms with E-state index in [2.05, 4.69) is 73.6 Å². The van der Waals surface area contributed by atoms with Crippen molar-refractivity contribution in [2.45, 2.75) is 57.8 Å². The molecule has 0 fully saturated rings. The van der Waals surface area contributed by atoms with Crippen LogP contribution in [0.1, 0.15) is 38.8 Å². The first-order valence-corrected chi connectivity index (χ1v) is 15.9. The molecule has 1 aliphatic rings. The lowest BCUT2D eigenvalue weighted by molar-refractivity contribution is -0.129. The molecule has 0 aliphatic carbocycles. The summed E-state index contributed by atoms with van der Waals surface area (Å²) in [6, 6.07) is 9.92. The van der Waals surface area contributed by atoms with E-state index in [1.54, 1.807) is 37.2 Å². The average molecular weight is 547 g/mol. The predicted octanol–water partition coefficient (Wildman–Crippen LogP) is 4.75. The maximum absolute atomic E-state index is 12.0. The van der Waals surface area contributed by atoms with Crippen LogP contribution in [0.2, 0.25) is 18.1 Å². The third-order valence-electron chi connectivity index (χ3n) is 7.75. The summed E-state index contributed by atoms with van der Waals surface area (Å²) in [5, 5.41) is 21.0. The summed E-state index contributed by atoms with van der Waals surface area (Å²) >= 11 is 0. The van der Waals surface area contributed by atoms with Gasteiger partial charge in [-0.3, -0.25) is 9.48 Å². The highest BCUT2D eigenvalue weighted by atomic mass is 28.4. The van der Waals surface area contributed by atoms with Gasteiger partial charge in [-0.05, 0) is 41.9 Å². The van der Waals surface area contributed by atoms with Gasteiger partial charge < -0.3 is 20.0 Å². The summed E-state index contributed by atoms with van der Waals surface area (Å²) in [5.41, 5.74) is 3.75. The molecule has 0 saturated carbocycles. The summed E-state index contributed by atoms with van der Waals surface area (Å²) in [7, 11) is 1.47. The van der Waals surface area contributed by atoms with Gasteiger partial charge in [-0.1, -0.05) is 27.7 Å². The highest BCUT2D eigenvalue weighted by Crippen LogP contribution is 2.44. The average Bonchev–Trinajstić information content (AvgIpc) is 3.45. The summed E-state index contributed by atoms with van der Waals surface area (Å²) in [4.78, 5) is 22.5. The maximum Gasteiger partial charge on any atom is 0.243 e. The molecule has 3 aromatic rings. The number of likely N-dealkylation sites (N-methyl/N-ethyl adjacent to an activating group) is 1. The van der Waals surface area contributed by atoms with Crippen molar-refractivity contribution in [3.63, 3.8) is 0 Å². The summed E-state index contributed by atoms with van der Waals surface area (Å²) < 4.78 is 8.19. The number of hydrogen-bond donors (Lipinski definition) is 2. The van der Waals surface area contributed by atoms with Crippen LogP contribution in [0.4, 0.5) is 17.5 Å². The molecule has 2 N–H and O–H groups in total. The lowest BCUT2D eigenvalue weighted by Crippen LogP contribution is -2.45. The van der Waals surface area contributed by atoms with Crippen molar-refractivity contribution in [3.05, 3.63) is 47.8 Å². The van der Waals surface area contributed by atoms with Crippen molar-refractivity contribution in [2.75, 3.05) is 37.9 Å². The van der Waals surface area contributed by atoms with Crippen LogP contribution in [0.15, 0.2) is 36.7 Å². The van der Waals surface area contributed by atoms with Crippen LogP contribution >= 0.6 is 0 Å². The van der Waals surface area contributed by atoms with Gasteiger partial charge in [0.2, 0.25) is 11.9 Å². The van der Waals surface area contributed by atoms with Crippen molar-refractivity contribution in [1.82, 2.24) is 24.6 Å². The number of amides is 1. The molecule has 0 bridgehead atoms. The minimum Gasteiger partial charge on any atom is -0.416 e. The van der Waals surface area contributed by atoms with Gasteiger partial charge in [0.15, 0.2) is 14.1 Å². The van der Waals surface area contributed by atoms with E-state index in [0.29, 0.717) is 36.2 Å². The lowest BCUT2D eigenvalue weighted by atomic mass is 9.83. The Morgan fingerprint density at radius 3 is 2.72 bits per heavy atom. The van der Waals surface area contributed by atoms with Crippen molar-refractivity contribution in [3.8, 4) is 17.3 Å². The number of benzene rings is 1. The Morgan fingerprint density at radius 2 is 2.05 bits per heavy atom. The van der Waals surface area contributed by atoms with E-state index < -0.39 is 8.32 Å². The van der Waals surface area contributed by atoms with E-state index in [1.807, 2.05) is 12.1 Å². The fraction of sp³-hybridized carbons (Fsp3) is 0.464. The highest BCUT2D eigenvalue weighted by Gasteiger charge is 2.42. The normalized spacial score (nSPS) is 16.8. The molecule has 206 valence electrons. The van der Waals surface area contributed by atoms with Gasteiger partial charge >= 0.3 is 0 Å². The Kier molecular flexibility index (Phi) is 7.56. The number of fused-ring (bicyclic) bond motifs is 1. The van der Waals surface area contributed by atoms with E-state index in [9.17, 15) is 10.1 Å². The molecule has 39 heavy (non-hydrogen) atoms. The first-order chi connectivity index (χ1) is 18.2. The lowest BCUT2D eigenvalue weighted by Gasteiger charge is -2.39. The number of carbonyl (C=O) groups is 1. The van der Waals surface area contributed by atoms with Crippen molar-refractivity contribution >= 4 is 31.7 Å². The first kappa shape index (κ1) is 28.3. The third-order valence-corrected chi connectivity index (χ3v) is 12.2. The molecule has 1 unspecified atom stereocenters. The minimum absolute atomic E-state index is 0.0518. The third kappa shape index (κ3) is 5.97. The molecule has 1 amide bonds. The molecule has 1 aliphatic heterocycles. The van der Waals surface area contributed by atoms with Crippen LogP contribution in [0.25, 0.3) is 11.3 Å². The summed E-state index contributed by atoms with van der Waals surface area (Å²) in [6.45, 7) is 14.8. The van der Waals surface area contributed by atoms with Gasteiger partial charge in [0.1, 0.15) is 12.6 Å². The van der Waals surface area contributed by atoms with Gasteiger partial charge in [-0.15, -0.1) is 0 Å². The molecule has 11 heteroatoms. The number of rotatable bonds is 8. The predicted molar refractivity (Wildman–Crippen MR) is 155 cm³/mol. The quantitative estimate of drug-likeness (QED) is 0.388. The zero-order valence-corrected chi connectivity index (χ0v) is 25.1. The molecule has 4 rings (SSSR count). The fourth-order valence-corrected chi connectivity index (χ4v) is 5.21. The Labute approximate surface area is 231 Å². The van der Waals surface area contributed by atoms with E-state index >= 15 is 0 Å². The van der Waals surface area contributed by atoms with Gasteiger partial charge in [0.25, 0.3) is 0 Å². The smallest absolute Gasteiger partial charge is 0.243 e. The van der Waals surface area contributed by atoms with Gasteiger partial charge in [0, 0.05) is 56.7 Å². The monoisotopic (exact) mass is 546 g/mol. The number of nitrogens with one attached hydrogen (secondary N) is 2. The highest BCUT2D eigenvalue weighted by molar-refractivity contribution is 6.74. The van der Waals surface area contributed by atoms with Crippen LogP contribution in [0, 0.1) is 11.3 Å². The van der Waals surface area contributed by atoms with E-state index in [1.165, 1.54) is 4.90 Å². The molecule has 0 saturated heterocycles. The molecular formula is C28H38N8O2Si. The molecule has 0 radical (unpaired) electrons. The maximum atomic E-state index is 12.0. The molecule has 2 aromatic heterocycles. The van der Waals surface area contributed by atoms with Crippen molar-refractivity contribution in [1.29, 1.82) is 5.26 Å². The fourth-order valence-electron chi connectivity index (χ4n) is 4.10. The second kappa shape index (κ2) is 10.4. The van der Waals surface area contributed by atoms with Gasteiger partial charge in [0.05, 0.1) is 16.9 Å². The standard InChI is InChI=1S/C28H38N8O2Si/c1-27(2,3)39(7,8)38-18-28(4)17-31-25-20(15-29)13-19(14-21(25)28)22-9-11-30-26(32-22)33-23-10-12-36(34-23)16-24(37)35(5)6/h9-14,31H,16-18H2,1-8H3,(H,30,32,33,34). The van der Waals surface area contributed by atoms with Crippen LogP contribution in [-0.2, 0) is 21.2 Å². The molecule has 1 aromatic carbocycles. The molecule has 3 heterocycles. The number of aromatic nitrogens is 4. The second-order valence-corrected chi connectivity index (χ2v) is 16.9. The largest absolute Gasteiger partial charge is 0.416 e. The Bertz CT molecular complexity index is 1420. The molecule has 1 atom stereocenters. The number of nitrogens with zero attached hydrogens (tertiary/aromatic N) is 6. The minimum atomic E-state index is -1.95. The second-order valence-electron chi connectivity index (χ2n) is 12.1. The number of nitriles is 1. The van der Waals surface area contributed by atoms with Crippen LogP contribution in [-0.4, -0.2) is 66.1 Å². The number of hydrogen-bond acceptors (Lipinski definition) is 8. The summed E-state index contributed by atoms with van der Waals surface area (Å²) in [6.07, 6.45) is 3.40. The van der Waals surface area contributed by atoms with E-state index in [-0.39, 0.29) is 22.9 Å². The van der Waals surface area contributed by atoms with Crippen LogP contribution < -0.4 is 10.6 Å². The first-order valence-electron chi connectivity index (χ1n) is 13.0. The SMILES string of the molecule is CN(C)C(=O)Cn1ccc(Nc2nccc(-c3cc(C#N)c4c(c3)C(C)(CO[Si](C)(C)C(C)(C)C)CN4)n2)n1. The Balaban J connectivity index is 1.60. The topological polar surface area (TPSA) is 121 Å². The van der Waals surface area contributed by atoms with Crippen LogP contribution in [0.3, 0.4) is 0 Å². The zero-order chi connectivity index (χ0) is 28.6. The Hall–Kier alpha value is -3.75. The molecule has 10 nitrogen and oxygen atoms in total. The molecule has 0 spiro atoms. The summed E-state index contributed by atoms with van der Waals surface area (Å²) in [5.74, 6) is 0.853. The van der Waals surface area contributed by atoms with E-state index in [0.717, 1.165) is 16.8 Å². The van der Waals surface area contributed by atoms with Crippen molar-refractivity contribution < 1.29 is 9.22 Å².